The molecule has 0 amide bonds. The lowest BCUT2D eigenvalue weighted by Gasteiger charge is -2.27. The third-order valence-corrected chi connectivity index (χ3v) is 10.3. The molecule has 0 bridgehead atoms. The molecule has 43 heavy (non-hydrogen) atoms. The highest BCUT2D eigenvalue weighted by atomic mass is 127. The van der Waals surface area contributed by atoms with Crippen LogP contribution in [-0.2, 0) is 32.9 Å². The zero-order valence-corrected chi connectivity index (χ0v) is 27.7. The number of hydrogen-bond acceptors (Lipinski definition) is 12. The number of hydrogen-bond donors (Lipinski definition) is 3. The van der Waals surface area contributed by atoms with Gasteiger partial charge in [-0.3, -0.25) is 18.7 Å². The van der Waals surface area contributed by atoms with Crippen LogP contribution in [0.15, 0.2) is 0 Å². The first kappa shape index (κ1) is 32.3. The molecule has 15 nitrogen and oxygen atoms in total. The summed E-state index contributed by atoms with van der Waals surface area (Å²) >= 11 is 2.09. The number of ether oxygens (including phenoxy) is 4. The summed E-state index contributed by atoms with van der Waals surface area (Å²) in [7, 11) is -2.49. The van der Waals surface area contributed by atoms with Crippen LogP contribution in [0.2, 0.25) is 0 Å². The maximum absolute atomic E-state index is 14.1. The van der Waals surface area contributed by atoms with Gasteiger partial charge >= 0.3 is 19.6 Å². The quantitative estimate of drug-likeness (QED) is 0.105. The fourth-order valence-electron chi connectivity index (χ4n) is 4.78. The van der Waals surface area contributed by atoms with E-state index in [4.69, 9.17) is 29.2 Å². The van der Waals surface area contributed by atoms with Gasteiger partial charge in [0.15, 0.2) is 15.0 Å². The number of halogens is 1. The smallest absolute Gasteiger partial charge is 0.342 e. The molecular formula is C26H39IN7O8P. The molecule has 1 saturated heterocycles. The molecule has 3 aliphatic rings. The lowest BCUT2D eigenvalue weighted by Crippen LogP contribution is -2.43. The van der Waals surface area contributed by atoms with Gasteiger partial charge in [0.1, 0.15) is 18.3 Å². The summed E-state index contributed by atoms with van der Waals surface area (Å²) in [6, 6.07) is -1.91. The van der Waals surface area contributed by atoms with Gasteiger partial charge in [0.05, 0.1) is 33.0 Å². The van der Waals surface area contributed by atoms with Gasteiger partial charge in [0.2, 0.25) is 11.8 Å². The molecule has 5 rings (SSSR count). The van der Waals surface area contributed by atoms with E-state index in [9.17, 15) is 14.2 Å². The van der Waals surface area contributed by atoms with E-state index in [2.05, 4.69) is 47.7 Å². The van der Waals surface area contributed by atoms with E-state index in [1.807, 2.05) is 11.5 Å². The van der Waals surface area contributed by atoms with Gasteiger partial charge in [-0.2, -0.15) is 9.97 Å². The number of carbonyl (C=O) groups excluding carboxylic acids is 2. The third-order valence-electron chi connectivity index (χ3n) is 7.58. The number of nitrogen functional groups attached to an aromatic ring is 1. The number of carbonyl (C=O) groups is 2. The average molecular weight is 736 g/mol. The number of aromatic nitrogens is 4. The molecule has 0 unspecified atom stereocenters. The Kier molecular flexibility index (Phi) is 10.1. The predicted molar refractivity (Wildman–Crippen MR) is 163 cm³/mol. The number of imidazole rings is 1. The molecule has 1 aliphatic heterocycles. The fraction of sp³-hybridized carbons (Fsp3) is 0.731. The second-order valence-corrected chi connectivity index (χ2v) is 14.4. The van der Waals surface area contributed by atoms with E-state index in [-0.39, 0.29) is 24.4 Å². The summed E-state index contributed by atoms with van der Waals surface area (Å²) in [5.41, 5.74) is 6.84. The van der Waals surface area contributed by atoms with Crippen molar-refractivity contribution in [1.29, 1.82) is 0 Å². The number of nitrogens with one attached hydrogen (secondary N) is 2. The molecule has 5 atom stereocenters. The summed E-state index contributed by atoms with van der Waals surface area (Å²) < 4.78 is 44.8. The number of esters is 2. The number of rotatable bonds is 15. The van der Waals surface area contributed by atoms with Crippen molar-refractivity contribution < 1.29 is 37.6 Å². The molecule has 17 heteroatoms. The van der Waals surface area contributed by atoms with Crippen LogP contribution in [0, 0.1) is 21.6 Å². The summed E-state index contributed by atoms with van der Waals surface area (Å²) in [4.78, 5) is 38.2. The van der Waals surface area contributed by atoms with Crippen molar-refractivity contribution in [2.24, 2.45) is 17.8 Å². The van der Waals surface area contributed by atoms with Gasteiger partial charge in [-0.25, -0.2) is 15.2 Å². The Hall–Kier alpha value is -2.11. The van der Waals surface area contributed by atoms with Gasteiger partial charge < -0.3 is 29.2 Å². The fourth-order valence-corrected chi connectivity index (χ4v) is 7.36. The van der Waals surface area contributed by atoms with Crippen LogP contribution >= 0.6 is 30.3 Å². The van der Waals surface area contributed by atoms with E-state index in [0.717, 1.165) is 25.7 Å². The molecule has 3 fully saturated rings. The number of anilines is 1. The van der Waals surface area contributed by atoms with Gasteiger partial charge in [-0.1, -0.05) is 6.92 Å². The summed E-state index contributed by atoms with van der Waals surface area (Å²) in [6.45, 7) is 5.66. The Morgan fingerprint density at radius 2 is 1.63 bits per heavy atom. The molecule has 0 radical (unpaired) electrons. The van der Waals surface area contributed by atoms with Crippen molar-refractivity contribution in [3.8, 4) is 5.88 Å². The average Bonchev–Trinajstić information content (AvgIpc) is 3.89. The van der Waals surface area contributed by atoms with Crippen molar-refractivity contribution in [3.05, 3.63) is 3.83 Å². The summed E-state index contributed by atoms with van der Waals surface area (Å²) in [6.07, 6.45) is 3.74. The summed E-state index contributed by atoms with van der Waals surface area (Å²) in [5.74, 6) is -0.0384. The number of fused-ring (bicyclic) bond motifs is 1. The molecule has 2 aliphatic carbocycles. The highest BCUT2D eigenvalue weighted by Gasteiger charge is 2.40. The van der Waals surface area contributed by atoms with Crippen molar-refractivity contribution in [3.63, 3.8) is 0 Å². The lowest BCUT2D eigenvalue weighted by molar-refractivity contribution is -0.146. The molecule has 2 aromatic heterocycles. The minimum absolute atomic E-state index is 0.00495. The van der Waals surface area contributed by atoms with Crippen LogP contribution in [0.5, 0.6) is 5.88 Å². The van der Waals surface area contributed by atoms with Crippen molar-refractivity contribution in [1.82, 2.24) is 29.7 Å². The second kappa shape index (κ2) is 13.5. The lowest BCUT2D eigenvalue weighted by atomic mass is 10.1. The Bertz CT molecular complexity index is 1350. The van der Waals surface area contributed by atoms with E-state index >= 15 is 0 Å². The topological polar surface area (TPSA) is 191 Å². The maximum atomic E-state index is 14.1. The van der Waals surface area contributed by atoms with Crippen molar-refractivity contribution in [2.45, 2.75) is 77.3 Å². The predicted octanol–water partition coefficient (Wildman–Crippen LogP) is 2.93. The number of nitrogens with zero attached hydrogens (tertiary/aromatic N) is 4. The minimum atomic E-state index is -3.98. The molecule has 238 valence electrons. The molecule has 2 aromatic rings. The first-order chi connectivity index (χ1) is 20.5. The summed E-state index contributed by atoms with van der Waals surface area (Å²) in [5, 5.41) is 5.50. The SMILES string of the molecule is COc1nc(N)nc2c1nc(I)n2[C@@H]1O[C@H](COP(=O)(N[C@@H](C)C(=O)OCC2CC2)N[C@@H](C)C(=O)OCC2CC2)C[C@@H]1C. The second-order valence-electron chi connectivity index (χ2n) is 11.6. The molecule has 4 N–H and O–H groups in total. The zero-order valence-electron chi connectivity index (χ0n) is 24.7. The Morgan fingerprint density at radius 3 is 2.16 bits per heavy atom. The first-order valence-corrected chi connectivity index (χ1v) is 17.2. The zero-order chi connectivity index (χ0) is 30.9. The molecule has 0 spiro atoms. The molecule has 3 heterocycles. The maximum Gasteiger partial charge on any atom is 0.342 e. The van der Waals surface area contributed by atoms with E-state index < -0.39 is 44.0 Å². The van der Waals surface area contributed by atoms with Gasteiger partial charge in [-0.15, -0.1) is 0 Å². The van der Waals surface area contributed by atoms with Crippen LogP contribution in [0.25, 0.3) is 11.2 Å². The van der Waals surface area contributed by atoms with Crippen LogP contribution in [0.4, 0.5) is 5.95 Å². The van der Waals surface area contributed by atoms with E-state index in [1.165, 1.54) is 7.11 Å². The largest absolute Gasteiger partial charge is 0.479 e. The van der Waals surface area contributed by atoms with Gasteiger partial charge in [0, 0.05) is 28.5 Å². The standard InChI is InChI=1S/C26H39IN7O8P/c1-13-9-18(42-22(13)34-20-19(29-25(34)27)21(38-4)31-26(28)30-20)12-41-43(37,32-14(2)23(35)39-10-16-5-6-16)33-15(3)24(36)40-11-17-7-8-17/h13-18,22H,5-12H2,1-4H3,(H2,28,30,31)(H2,32,33,37)/t13-,14-,15-,18-,22+/m0/s1. The highest BCUT2D eigenvalue weighted by Crippen LogP contribution is 2.43. The molecular weight excluding hydrogens is 696 g/mol. The number of methoxy groups -OCH3 is 1. The Morgan fingerprint density at radius 1 is 1.05 bits per heavy atom. The Labute approximate surface area is 263 Å². The highest BCUT2D eigenvalue weighted by molar-refractivity contribution is 14.1. The normalized spacial score (nSPS) is 23.7. The molecule has 0 aromatic carbocycles. The number of nitrogens with two attached hydrogens (primary N) is 1. The minimum Gasteiger partial charge on any atom is -0.479 e. The van der Waals surface area contributed by atoms with Crippen LogP contribution in [0.3, 0.4) is 0 Å². The van der Waals surface area contributed by atoms with Crippen LogP contribution in [0.1, 0.15) is 59.1 Å². The third kappa shape index (κ3) is 8.14. The van der Waals surface area contributed by atoms with E-state index in [1.54, 1.807) is 13.8 Å². The monoisotopic (exact) mass is 735 g/mol. The van der Waals surface area contributed by atoms with Crippen LogP contribution in [-0.4, -0.2) is 76.6 Å². The Balaban J connectivity index is 1.26. The van der Waals surface area contributed by atoms with Crippen LogP contribution < -0.4 is 20.6 Å². The van der Waals surface area contributed by atoms with Crippen molar-refractivity contribution in [2.75, 3.05) is 32.7 Å². The first-order valence-electron chi connectivity index (χ1n) is 14.5. The van der Waals surface area contributed by atoms with Gasteiger partial charge in [0.25, 0.3) is 0 Å². The van der Waals surface area contributed by atoms with Crippen molar-refractivity contribution >= 4 is 59.3 Å². The van der Waals surface area contributed by atoms with Gasteiger partial charge in [-0.05, 0) is 57.8 Å². The molecule has 2 saturated carbocycles. The van der Waals surface area contributed by atoms with E-state index in [0.29, 0.717) is 46.5 Å².